The predicted molar refractivity (Wildman–Crippen MR) is 75.3 cm³/mol. The molecule has 1 rings (SSSR count). The summed E-state index contributed by atoms with van der Waals surface area (Å²) >= 11 is 0. The fraction of sp³-hybridized carbons (Fsp3) is 0.462. The first-order chi connectivity index (χ1) is 8.54. The summed E-state index contributed by atoms with van der Waals surface area (Å²) in [5.74, 6) is 0.0568. The lowest BCUT2D eigenvalue weighted by atomic mass is 10.3. The van der Waals surface area contributed by atoms with Gasteiger partial charge < -0.3 is 15.0 Å². The fourth-order valence-corrected chi connectivity index (χ4v) is 1.47. The van der Waals surface area contributed by atoms with Crippen LogP contribution in [0.5, 0.6) is 5.75 Å². The quantitative estimate of drug-likeness (QED) is 0.867. The second-order valence-electron chi connectivity index (χ2n) is 4.08. The normalized spacial score (nSPS) is 11.4. The largest absolute Gasteiger partial charge is 0.481 e. The van der Waals surface area contributed by atoms with Gasteiger partial charge in [-0.2, -0.15) is 0 Å². The zero-order valence-electron chi connectivity index (χ0n) is 11.4. The summed E-state index contributed by atoms with van der Waals surface area (Å²) in [5.41, 5.74) is 0. The van der Waals surface area contributed by atoms with Gasteiger partial charge in [0, 0.05) is 20.1 Å². The third kappa shape index (κ3) is 5.89. The van der Waals surface area contributed by atoms with Crippen LogP contribution in [0.25, 0.3) is 0 Å². The van der Waals surface area contributed by atoms with E-state index in [4.69, 9.17) is 4.74 Å². The number of nitrogens with one attached hydrogen (secondary N) is 1. The monoisotopic (exact) mass is 290 g/mol. The summed E-state index contributed by atoms with van der Waals surface area (Å²) in [6, 6.07) is 5.62. The summed E-state index contributed by atoms with van der Waals surface area (Å²) < 4.78 is 18.2. The van der Waals surface area contributed by atoms with E-state index in [1.165, 1.54) is 24.3 Å². The van der Waals surface area contributed by atoms with Crippen molar-refractivity contribution in [1.29, 1.82) is 0 Å². The van der Waals surface area contributed by atoms with Gasteiger partial charge >= 0.3 is 0 Å². The van der Waals surface area contributed by atoms with Gasteiger partial charge in [-0.15, -0.1) is 12.4 Å². The molecule has 1 aromatic rings. The Morgan fingerprint density at radius 1 is 1.42 bits per heavy atom. The molecule has 108 valence electrons. The summed E-state index contributed by atoms with van der Waals surface area (Å²) in [6.07, 6.45) is -0.586. The van der Waals surface area contributed by atoms with E-state index in [9.17, 15) is 9.18 Å². The molecule has 4 nitrogen and oxygen atoms in total. The molecule has 0 bridgehead atoms. The van der Waals surface area contributed by atoms with Crippen LogP contribution in [0.2, 0.25) is 0 Å². The molecule has 1 N–H and O–H groups in total. The maximum atomic E-state index is 12.7. The molecule has 0 fully saturated rings. The van der Waals surface area contributed by atoms with Gasteiger partial charge in [0.25, 0.3) is 5.91 Å². The van der Waals surface area contributed by atoms with Gasteiger partial charge in [-0.1, -0.05) is 0 Å². The average molecular weight is 291 g/mol. The molecule has 0 aromatic heterocycles. The van der Waals surface area contributed by atoms with Gasteiger partial charge in [0.05, 0.1) is 0 Å². The standard InChI is InChI=1S/C13H19FN2O2.ClH/c1-10(13(17)16(3)9-8-15-2)18-12-6-4-11(14)5-7-12;/h4-7,10,15H,8-9H2,1-3H3;1H. The van der Waals surface area contributed by atoms with Crippen molar-refractivity contribution in [2.45, 2.75) is 13.0 Å². The van der Waals surface area contributed by atoms with E-state index < -0.39 is 6.10 Å². The summed E-state index contributed by atoms with van der Waals surface area (Å²) in [4.78, 5) is 13.5. The summed E-state index contributed by atoms with van der Waals surface area (Å²) in [7, 11) is 3.56. The van der Waals surface area contributed by atoms with E-state index in [0.717, 1.165) is 6.54 Å². The topological polar surface area (TPSA) is 41.6 Å². The van der Waals surface area contributed by atoms with Crippen molar-refractivity contribution in [2.75, 3.05) is 27.2 Å². The minimum atomic E-state index is -0.586. The van der Waals surface area contributed by atoms with Crippen LogP contribution in [0.1, 0.15) is 6.92 Å². The van der Waals surface area contributed by atoms with Crippen LogP contribution in [0.4, 0.5) is 4.39 Å². The Morgan fingerprint density at radius 2 is 2.00 bits per heavy atom. The molecule has 0 aliphatic carbocycles. The molecule has 0 saturated heterocycles. The minimum Gasteiger partial charge on any atom is -0.481 e. The number of ether oxygens (including phenoxy) is 1. The van der Waals surface area contributed by atoms with Crippen molar-refractivity contribution < 1.29 is 13.9 Å². The van der Waals surface area contributed by atoms with Crippen LogP contribution >= 0.6 is 12.4 Å². The number of carbonyl (C=O) groups excluding carboxylic acids is 1. The zero-order chi connectivity index (χ0) is 13.5. The maximum Gasteiger partial charge on any atom is 0.263 e. The van der Waals surface area contributed by atoms with Crippen LogP contribution in [-0.2, 0) is 4.79 Å². The van der Waals surface area contributed by atoms with Crippen molar-refractivity contribution in [1.82, 2.24) is 10.2 Å². The molecule has 0 aliphatic heterocycles. The number of nitrogens with zero attached hydrogens (tertiary/aromatic N) is 1. The van der Waals surface area contributed by atoms with E-state index in [2.05, 4.69) is 5.32 Å². The first kappa shape index (κ1) is 17.7. The Hall–Kier alpha value is -1.33. The van der Waals surface area contributed by atoms with Crippen molar-refractivity contribution in [2.24, 2.45) is 0 Å². The van der Waals surface area contributed by atoms with Gasteiger partial charge in [-0.3, -0.25) is 4.79 Å². The van der Waals surface area contributed by atoms with Crippen molar-refractivity contribution in [3.63, 3.8) is 0 Å². The number of benzene rings is 1. The van der Waals surface area contributed by atoms with Crippen LogP contribution in [-0.4, -0.2) is 44.1 Å². The number of carbonyl (C=O) groups is 1. The molecule has 0 spiro atoms. The molecule has 1 amide bonds. The van der Waals surface area contributed by atoms with Crippen LogP contribution < -0.4 is 10.1 Å². The molecular formula is C13H20ClFN2O2. The highest BCUT2D eigenvalue weighted by molar-refractivity contribution is 5.85. The van der Waals surface area contributed by atoms with E-state index in [0.29, 0.717) is 12.3 Å². The van der Waals surface area contributed by atoms with Gasteiger partial charge in [0.15, 0.2) is 6.10 Å². The van der Waals surface area contributed by atoms with Crippen molar-refractivity contribution in [3.05, 3.63) is 30.1 Å². The van der Waals surface area contributed by atoms with E-state index in [1.54, 1.807) is 18.9 Å². The first-order valence-corrected chi connectivity index (χ1v) is 5.86. The zero-order valence-corrected chi connectivity index (χ0v) is 12.2. The Morgan fingerprint density at radius 3 is 2.53 bits per heavy atom. The number of hydrogen-bond acceptors (Lipinski definition) is 3. The van der Waals surface area contributed by atoms with E-state index in [-0.39, 0.29) is 24.1 Å². The molecule has 0 radical (unpaired) electrons. The molecule has 0 heterocycles. The van der Waals surface area contributed by atoms with Gasteiger partial charge in [0.2, 0.25) is 0 Å². The third-order valence-electron chi connectivity index (χ3n) is 2.55. The van der Waals surface area contributed by atoms with Crippen molar-refractivity contribution >= 4 is 18.3 Å². The Balaban J connectivity index is 0.00000324. The second kappa shape index (κ2) is 8.72. The summed E-state index contributed by atoms with van der Waals surface area (Å²) in [5, 5.41) is 2.97. The third-order valence-corrected chi connectivity index (χ3v) is 2.55. The lowest BCUT2D eigenvalue weighted by molar-refractivity contribution is -0.136. The minimum absolute atomic E-state index is 0. The number of halogens is 2. The molecule has 0 aliphatic rings. The van der Waals surface area contributed by atoms with Gasteiger partial charge in [0.1, 0.15) is 11.6 Å². The molecular weight excluding hydrogens is 271 g/mol. The number of amides is 1. The van der Waals surface area contributed by atoms with Gasteiger partial charge in [-0.05, 0) is 38.2 Å². The second-order valence-corrected chi connectivity index (χ2v) is 4.08. The Bertz CT molecular complexity index is 387. The average Bonchev–Trinajstić information content (AvgIpc) is 2.37. The molecule has 1 atom stereocenters. The van der Waals surface area contributed by atoms with E-state index in [1.807, 2.05) is 7.05 Å². The van der Waals surface area contributed by atoms with Crippen LogP contribution in [0, 0.1) is 5.82 Å². The molecule has 0 saturated carbocycles. The van der Waals surface area contributed by atoms with Crippen LogP contribution in [0.3, 0.4) is 0 Å². The lowest BCUT2D eigenvalue weighted by Gasteiger charge is -2.22. The number of likely N-dealkylation sites (N-methyl/N-ethyl adjacent to an activating group) is 2. The smallest absolute Gasteiger partial charge is 0.263 e. The fourth-order valence-electron chi connectivity index (χ4n) is 1.47. The highest BCUT2D eigenvalue weighted by atomic mass is 35.5. The molecule has 1 aromatic carbocycles. The predicted octanol–water partition coefficient (Wildman–Crippen LogP) is 1.69. The van der Waals surface area contributed by atoms with E-state index >= 15 is 0 Å². The molecule has 6 heteroatoms. The SMILES string of the molecule is CNCCN(C)C(=O)C(C)Oc1ccc(F)cc1.Cl. The van der Waals surface area contributed by atoms with Crippen molar-refractivity contribution in [3.8, 4) is 5.75 Å². The lowest BCUT2D eigenvalue weighted by Crippen LogP contribution is -2.40. The first-order valence-electron chi connectivity index (χ1n) is 5.86. The summed E-state index contributed by atoms with van der Waals surface area (Å²) in [6.45, 7) is 3.03. The Labute approximate surface area is 119 Å². The van der Waals surface area contributed by atoms with Gasteiger partial charge in [-0.25, -0.2) is 4.39 Å². The Kier molecular flexibility index (Phi) is 8.11. The number of hydrogen-bond donors (Lipinski definition) is 1. The highest BCUT2D eigenvalue weighted by Crippen LogP contribution is 2.13. The number of rotatable bonds is 6. The molecule has 1 unspecified atom stereocenters. The highest BCUT2D eigenvalue weighted by Gasteiger charge is 2.18. The van der Waals surface area contributed by atoms with Crippen LogP contribution in [0.15, 0.2) is 24.3 Å². The maximum absolute atomic E-state index is 12.7. The molecule has 19 heavy (non-hydrogen) atoms.